The monoisotopic (exact) mass is 1140 g/mol. The van der Waals surface area contributed by atoms with E-state index in [0.717, 1.165) is 77.0 Å². The molecule has 0 spiro atoms. The van der Waals surface area contributed by atoms with Crippen LogP contribution in [-0.2, 0) is 23.8 Å². The van der Waals surface area contributed by atoms with E-state index in [1.807, 2.05) is 6.08 Å². The number of ether oxygens (including phenoxy) is 3. The number of allylic oxidation sites excluding steroid dienone is 7. The molecule has 1 aliphatic heterocycles. The van der Waals surface area contributed by atoms with Crippen molar-refractivity contribution in [3.63, 3.8) is 0 Å². The summed E-state index contributed by atoms with van der Waals surface area (Å²) in [7, 11) is 0. The van der Waals surface area contributed by atoms with Crippen LogP contribution in [0.25, 0.3) is 0 Å². The SMILES string of the molecule is CCCCC/C=C\C/C=C\CCCCCCCCCCCCCCCCCC(=O)OC1C(OCC(NC(=O)C(O)CCCCCCCC/C=C\CCCCCC)C(O)/C=C/CCCCCCCCCCCCC)OC(CO)C(O)C1O. The second kappa shape index (κ2) is 58.0. The maximum atomic E-state index is 13.4. The molecule has 0 radical (unpaired) electrons. The van der Waals surface area contributed by atoms with Crippen molar-refractivity contribution in [3.8, 4) is 0 Å². The van der Waals surface area contributed by atoms with Crippen LogP contribution in [-0.4, -0.2) is 99.6 Å². The maximum Gasteiger partial charge on any atom is 0.306 e. The summed E-state index contributed by atoms with van der Waals surface area (Å²) in [6.45, 7) is 5.78. The van der Waals surface area contributed by atoms with Gasteiger partial charge in [-0.25, -0.2) is 0 Å². The highest BCUT2D eigenvalue weighted by Gasteiger charge is 2.47. The van der Waals surface area contributed by atoms with Crippen LogP contribution < -0.4 is 5.32 Å². The molecular formula is C70H129NO10. The molecule has 0 aromatic rings. The molecule has 0 bridgehead atoms. The van der Waals surface area contributed by atoms with E-state index in [4.69, 9.17) is 14.2 Å². The minimum Gasteiger partial charge on any atom is -0.454 e. The fraction of sp³-hybridized carbons (Fsp3) is 0.857. The summed E-state index contributed by atoms with van der Waals surface area (Å²) in [4.78, 5) is 26.6. The number of amides is 1. The van der Waals surface area contributed by atoms with E-state index in [0.29, 0.717) is 12.8 Å². The van der Waals surface area contributed by atoms with Crippen molar-refractivity contribution in [2.45, 2.75) is 372 Å². The average molecular weight is 1140 g/mol. The summed E-state index contributed by atoms with van der Waals surface area (Å²) < 4.78 is 17.7. The Bertz CT molecular complexity index is 1500. The minimum absolute atomic E-state index is 0.125. The standard InChI is InChI=1S/C70H129NO10/c1-4-7-10-13-16-19-22-25-27-28-29-30-31-32-33-34-35-36-37-40-43-46-49-52-55-58-65(75)81-68-67(77)66(76)64(59-72)80-70(68)79-60-61(62(73)56-53-50-47-44-41-38-24-21-18-15-12-9-6-3)71-69(78)63(74)57-54-51-48-45-42-39-26-23-20-17-14-11-8-5-2/h16,19-20,23,25,27,53,56,61-64,66-68,70,72-74,76-77H,4-15,17-18,21-22,24,26,28-52,54-55,57-60H2,1-3H3,(H,71,78)/b19-16-,23-20-,27-25-,56-53+. The minimum atomic E-state index is -1.61. The fourth-order valence-electron chi connectivity index (χ4n) is 10.7. The van der Waals surface area contributed by atoms with Crippen molar-refractivity contribution in [1.82, 2.24) is 5.32 Å². The van der Waals surface area contributed by atoms with E-state index < -0.39 is 67.4 Å². The zero-order valence-electron chi connectivity index (χ0n) is 52.7. The lowest BCUT2D eigenvalue weighted by molar-refractivity contribution is -0.305. The van der Waals surface area contributed by atoms with Gasteiger partial charge in [0, 0.05) is 6.42 Å². The molecule has 1 rings (SSSR count). The van der Waals surface area contributed by atoms with Crippen molar-refractivity contribution in [3.05, 3.63) is 48.6 Å². The highest BCUT2D eigenvalue weighted by atomic mass is 16.7. The van der Waals surface area contributed by atoms with Gasteiger partial charge in [0.25, 0.3) is 0 Å². The number of esters is 1. The number of carbonyl (C=O) groups is 2. The number of carbonyl (C=O) groups excluding carboxylic acids is 2. The third-order valence-electron chi connectivity index (χ3n) is 16.2. The molecule has 6 N–H and O–H groups in total. The van der Waals surface area contributed by atoms with Gasteiger partial charge < -0.3 is 45.1 Å². The Kier molecular flexibility index (Phi) is 54.9. The van der Waals surface area contributed by atoms with Gasteiger partial charge in [-0.2, -0.15) is 0 Å². The van der Waals surface area contributed by atoms with Crippen molar-refractivity contribution < 1.29 is 49.3 Å². The molecule has 1 fully saturated rings. The number of hydrogen-bond donors (Lipinski definition) is 6. The van der Waals surface area contributed by atoms with Gasteiger partial charge in [0.1, 0.15) is 24.4 Å². The predicted molar refractivity (Wildman–Crippen MR) is 338 cm³/mol. The van der Waals surface area contributed by atoms with Crippen LogP contribution >= 0.6 is 0 Å². The summed E-state index contributed by atoms with van der Waals surface area (Å²) in [6, 6.07) is -1.02. The molecule has 0 aromatic carbocycles. The second-order valence-electron chi connectivity index (χ2n) is 23.9. The van der Waals surface area contributed by atoms with E-state index in [1.165, 1.54) is 199 Å². The van der Waals surface area contributed by atoms with Crippen LogP contribution in [0.2, 0.25) is 0 Å². The van der Waals surface area contributed by atoms with Crippen LogP contribution in [0.5, 0.6) is 0 Å². The average Bonchev–Trinajstić information content (AvgIpc) is 3.47. The van der Waals surface area contributed by atoms with E-state index in [2.05, 4.69) is 62.5 Å². The normalized spacial score (nSPS) is 18.9. The number of aliphatic hydroxyl groups excluding tert-OH is 5. The van der Waals surface area contributed by atoms with Crippen molar-refractivity contribution in [1.29, 1.82) is 0 Å². The molecule has 0 aromatic heterocycles. The van der Waals surface area contributed by atoms with Gasteiger partial charge in [-0.1, -0.05) is 281 Å². The maximum absolute atomic E-state index is 13.4. The first-order chi connectivity index (χ1) is 39.7. The molecule has 1 amide bonds. The van der Waals surface area contributed by atoms with Crippen LogP contribution in [0.3, 0.4) is 0 Å². The molecule has 8 unspecified atom stereocenters. The Labute approximate surface area is 497 Å². The van der Waals surface area contributed by atoms with Crippen LogP contribution in [0, 0.1) is 0 Å². The molecule has 8 atom stereocenters. The Morgan fingerprint density at radius 3 is 1.31 bits per heavy atom. The molecule has 81 heavy (non-hydrogen) atoms. The third kappa shape index (κ3) is 45.6. The Morgan fingerprint density at radius 1 is 0.481 bits per heavy atom. The van der Waals surface area contributed by atoms with Crippen molar-refractivity contribution in [2.24, 2.45) is 0 Å². The molecule has 1 saturated heterocycles. The number of aliphatic hydroxyl groups is 5. The lowest BCUT2D eigenvalue weighted by atomic mass is 9.99. The van der Waals surface area contributed by atoms with Gasteiger partial charge >= 0.3 is 5.97 Å². The third-order valence-corrected chi connectivity index (χ3v) is 16.2. The quantitative estimate of drug-likeness (QED) is 0.0195. The molecule has 11 nitrogen and oxygen atoms in total. The molecule has 1 aliphatic rings. The highest BCUT2D eigenvalue weighted by molar-refractivity contribution is 5.80. The molecule has 0 saturated carbocycles. The summed E-state index contributed by atoms with van der Waals surface area (Å²) >= 11 is 0. The van der Waals surface area contributed by atoms with Crippen LogP contribution in [0.15, 0.2) is 48.6 Å². The Balaban J connectivity index is 2.57. The lowest BCUT2D eigenvalue weighted by Gasteiger charge is -2.41. The summed E-state index contributed by atoms with van der Waals surface area (Å²) in [5, 5.41) is 57.1. The Morgan fingerprint density at radius 2 is 0.852 bits per heavy atom. The Hall–Kier alpha value is -2.38. The van der Waals surface area contributed by atoms with Crippen molar-refractivity contribution >= 4 is 11.9 Å². The predicted octanol–water partition coefficient (Wildman–Crippen LogP) is 17.2. The summed E-state index contributed by atoms with van der Waals surface area (Å²) in [5.41, 5.74) is 0. The van der Waals surface area contributed by atoms with Gasteiger partial charge in [-0.3, -0.25) is 9.59 Å². The summed E-state index contributed by atoms with van der Waals surface area (Å²) in [6.07, 6.45) is 61.5. The van der Waals surface area contributed by atoms with E-state index >= 15 is 0 Å². The van der Waals surface area contributed by atoms with Gasteiger partial charge in [-0.15, -0.1) is 0 Å². The molecule has 1 heterocycles. The fourth-order valence-corrected chi connectivity index (χ4v) is 10.7. The largest absolute Gasteiger partial charge is 0.454 e. The van der Waals surface area contributed by atoms with E-state index in [-0.39, 0.29) is 19.4 Å². The highest BCUT2D eigenvalue weighted by Crippen LogP contribution is 2.26. The molecular weight excluding hydrogens is 1010 g/mol. The van der Waals surface area contributed by atoms with Crippen LogP contribution in [0.4, 0.5) is 0 Å². The van der Waals surface area contributed by atoms with Gasteiger partial charge in [0.15, 0.2) is 12.4 Å². The zero-order chi connectivity index (χ0) is 58.9. The number of nitrogens with one attached hydrogen (secondary N) is 1. The first kappa shape index (κ1) is 76.6. The van der Waals surface area contributed by atoms with Gasteiger partial charge in [-0.05, 0) is 83.5 Å². The number of unbranched alkanes of at least 4 members (excludes halogenated alkanes) is 39. The molecule has 0 aliphatic carbocycles. The molecule has 11 heteroatoms. The zero-order valence-corrected chi connectivity index (χ0v) is 52.7. The topological polar surface area (TPSA) is 175 Å². The van der Waals surface area contributed by atoms with E-state index in [1.54, 1.807) is 6.08 Å². The van der Waals surface area contributed by atoms with Crippen LogP contribution in [0.1, 0.15) is 323 Å². The first-order valence-corrected chi connectivity index (χ1v) is 34.4. The second-order valence-corrected chi connectivity index (χ2v) is 23.9. The number of rotatable bonds is 59. The van der Waals surface area contributed by atoms with Gasteiger partial charge in [0.2, 0.25) is 5.91 Å². The lowest BCUT2D eigenvalue weighted by Crippen LogP contribution is -2.61. The smallest absolute Gasteiger partial charge is 0.306 e. The molecule has 474 valence electrons. The van der Waals surface area contributed by atoms with Crippen molar-refractivity contribution in [2.75, 3.05) is 13.2 Å². The summed E-state index contributed by atoms with van der Waals surface area (Å²) in [5.74, 6) is -1.19. The van der Waals surface area contributed by atoms with Gasteiger partial charge in [0.05, 0.1) is 25.4 Å². The first-order valence-electron chi connectivity index (χ1n) is 34.4. The van der Waals surface area contributed by atoms with E-state index in [9.17, 15) is 35.1 Å². The number of hydrogen-bond acceptors (Lipinski definition) is 10.